The van der Waals surface area contributed by atoms with Gasteiger partial charge in [-0.05, 0) is 12.8 Å². The Morgan fingerprint density at radius 3 is 2.48 bits per heavy atom. The maximum atomic E-state index is 11.5. The van der Waals surface area contributed by atoms with E-state index >= 15 is 0 Å². The number of rotatable bonds is 9. The van der Waals surface area contributed by atoms with Crippen molar-refractivity contribution in [2.45, 2.75) is 52.9 Å². The van der Waals surface area contributed by atoms with Gasteiger partial charge in [-0.2, -0.15) is 0 Å². The molecule has 7 nitrogen and oxygen atoms in total. The molecule has 1 aliphatic heterocycles. The van der Waals surface area contributed by atoms with Gasteiger partial charge in [-0.15, -0.1) is 5.06 Å². The Bertz CT molecular complexity index is 393. The first-order chi connectivity index (χ1) is 11.0. The van der Waals surface area contributed by atoms with Crippen LogP contribution < -0.4 is 5.32 Å². The number of carbonyl (C=O) groups excluding carboxylic acids is 3. The molecule has 0 spiro atoms. The Hall–Kier alpha value is -1.89. The number of unbranched alkanes of at least 4 members (excludes halogenated alkanes) is 2. The van der Waals surface area contributed by atoms with Crippen molar-refractivity contribution in [1.82, 2.24) is 10.4 Å². The van der Waals surface area contributed by atoms with Crippen molar-refractivity contribution in [3.63, 3.8) is 0 Å². The van der Waals surface area contributed by atoms with Gasteiger partial charge in [-0.3, -0.25) is 9.59 Å². The minimum absolute atomic E-state index is 0.212. The van der Waals surface area contributed by atoms with Crippen LogP contribution in [0.1, 0.15) is 52.9 Å². The molecule has 23 heavy (non-hydrogen) atoms. The number of hydrogen-bond acceptors (Lipinski definition) is 5. The van der Waals surface area contributed by atoms with Crippen LogP contribution in [0.15, 0.2) is 12.3 Å². The Morgan fingerprint density at radius 2 is 1.91 bits per heavy atom. The third kappa shape index (κ3) is 8.97. The molecule has 0 aliphatic carbocycles. The molecule has 0 aromatic heterocycles. The van der Waals surface area contributed by atoms with E-state index < -0.39 is 5.97 Å². The lowest BCUT2D eigenvalue weighted by Crippen LogP contribution is -2.32. The predicted octanol–water partition coefficient (Wildman–Crippen LogP) is 1.93. The third-order valence-electron chi connectivity index (χ3n) is 2.89. The highest BCUT2D eigenvalue weighted by molar-refractivity contribution is 5.82. The first-order valence-electron chi connectivity index (χ1n) is 8.10. The summed E-state index contributed by atoms with van der Waals surface area (Å²) in [4.78, 5) is 39.0. The Balaban J connectivity index is 0.00000232. The molecule has 0 atom stereocenters. The number of hydroxylamine groups is 2. The van der Waals surface area contributed by atoms with E-state index in [2.05, 4.69) is 18.8 Å². The molecule has 1 aliphatic rings. The molecular formula is C16H28N2O5. The summed E-state index contributed by atoms with van der Waals surface area (Å²) in [5, 5.41) is 3.57. The quantitative estimate of drug-likeness (QED) is 0.654. The predicted molar refractivity (Wildman–Crippen MR) is 86.0 cm³/mol. The molecule has 1 fully saturated rings. The lowest BCUT2D eigenvalue weighted by molar-refractivity contribution is -0.190. The summed E-state index contributed by atoms with van der Waals surface area (Å²) in [5.41, 5.74) is 0.446. The molecule has 2 amide bonds. The zero-order chi connectivity index (χ0) is 17.7. The standard InChI is InChI=1S/C14H22N2O5.C2H6/c1-3-4-5-8-15-12(17)9-20-10-14(19)21-16-11(2)6-7-13(16)18;1-2/h2-10H2,1H3,(H,15,17);1-2H3. The summed E-state index contributed by atoms with van der Waals surface area (Å²) in [6.45, 7) is 9.70. The highest BCUT2D eigenvalue weighted by Gasteiger charge is 2.28. The molecule has 7 heteroatoms. The average molecular weight is 328 g/mol. The molecule has 0 unspecified atom stereocenters. The lowest BCUT2D eigenvalue weighted by Gasteiger charge is -2.15. The van der Waals surface area contributed by atoms with E-state index in [-0.39, 0.29) is 31.4 Å². The highest BCUT2D eigenvalue weighted by Crippen LogP contribution is 2.20. The number of nitrogens with one attached hydrogen (secondary N) is 1. The molecule has 1 rings (SSSR count). The first-order valence-corrected chi connectivity index (χ1v) is 8.10. The molecular weight excluding hydrogens is 300 g/mol. The van der Waals surface area contributed by atoms with Crippen molar-refractivity contribution in [1.29, 1.82) is 0 Å². The van der Waals surface area contributed by atoms with Gasteiger partial charge in [-0.25, -0.2) is 4.79 Å². The number of amides is 2. The van der Waals surface area contributed by atoms with Gasteiger partial charge in [-0.1, -0.05) is 40.2 Å². The molecule has 0 saturated carbocycles. The second-order valence-corrected chi connectivity index (χ2v) is 4.77. The lowest BCUT2D eigenvalue weighted by atomic mass is 10.2. The van der Waals surface area contributed by atoms with Crippen LogP contribution in [0.2, 0.25) is 0 Å². The Labute approximate surface area is 137 Å². The summed E-state index contributed by atoms with van der Waals surface area (Å²) in [6, 6.07) is 0. The van der Waals surface area contributed by atoms with Crippen LogP contribution in [0.3, 0.4) is 0 Å². The van der Waals surface area contributed by atoms with Gasteiger partial charge >= 0.3 is 5.97 Å². The van der Waals surface area contributed by atoms with Crippen molar-refractivity contribution < 1.29 is 24.0 Å². The molecule has 1 N–H and O–H groups in total. The molecule has 0 bridgehead atoms. The number of carbonyl (C=O) groups is 3. The maximum Gasteiger partial charge on any atom is 0.358 e. The molecule has 0 aromatic carbocycles. The van der Waals surface area contributed by atoms with E-state index in [4.69, 9.17) is 9.57 Å². The Morgan fingerprint density at radius 1 is 1.22 bits per heavy atom. The first kappa shape index (κ1) is 21.1. The van der Waals surface area contributed by atoms with Gasteiger partial charge in [0.05, 0.1) is 5.70 Å². The smallest absolute Gasteiger partial charge is 0.358 e. The van der Waals surface area contributed by atoms with Crippen LogP contribution >= 0.6 is 0 Å². The summed E-state index contributed by atoms with van der Waals surface area (Å²) >= 11 is 0. The van der Waals surface area contributed by atoms with Crippen LogP contribution in [0, 0.1) is 0 Å². The molecule has 0 radical (unpaired) electrons. The molecule has 1 heterocycles. The summed E-state index contributed by atoms with van der Waals surface area (Å²) < 4.78 is 4.94. The largest absolute Gasteiger partial charge is 0.360 e. The topological polar surface area (TPSA) is 84.9 Å². The fraction of sp³-hybridized carbons (Fsp3) is 0.688. The van der Waals surface area contributed by atoms with E-state index in [0.29, 0.717) is 18.7 Å². The molecule has 132 valence electrons. The van der Waals surface area contributed by atoms with Crippen molar-refractivity contribution in [3.05, 3.63) is 12.3 Å². The van der Waals surface area contributed by atoms with Gasteiger partial charge in [0.1, 0.15) is 13.2 Å². The zero-order valence-corrected chi connectivity index (χ0v) is 14.4. The van der Waals surface area contributed by atoms with Gasteiger partial charge in [0, 0.05) is 13.0 Å². The van der Waals surface area contributed by atoms with Crippen LogP contribution in [0.25, 0.3) is 0 Å². The van der Waals surface area contributed by atoms with Crippen LogP contribution in [-0.2, 0) is 24.0 Å². The van der Waals surface area contributed by atoms with Crippen molar-refractivity contribution >= 4 is 17.8 Å². The monoisotopic (exact) mass is 328 g/mol. The molecule has 1 saturated heterocycles. The second-order valence-electron chi connectivity index (χ2n) is 4.77. The van der Waals surface area contributed by atoms with E-state index in [1.54, 1.807) is 0 Å². The van der Waals surface area contributed by atoms with Crippen LogP contribution in [0.5, 0.6) is 0 Å². The van der Waals surface area contributed by atoms with Gasteiger partial charge in [0.15, 0.2) is 0 Å². The average Bonchev–Trinajstić information content (AvgIpc) is 2.85. The van der Waals surface area contributed by atoms with E-state index in [1.165, 1.54) is 0 Å². The number of ether oxygens (including phenoxy) is 1. The van der Waals surface area contributed by atoms with Crippen molar-refractivity contribution in [2.24, 2.45) is 0 Å². The highest BCUT2D eigenvalue weighted by atomic mass is 16.7. The van der Waals surface area contributed by atoms with Crippen molar-refractivity contribution in [2.75, 3.05) is 19.8 Å². The SMILES string of the molecule is C=C1CCC(=O)N1OC(=O)COCC(=O)NCCCCC.CC. The van der Waals surface area contributed by atoms with Crippen LogP contribution in [0.4, 0.5) is 0 Å². The minimum atomic E-state index is -0.731. The maximum absolute atomic E-state index is 11.5. The van der Waals surface area contributed by atoms with E-state index in [0.717, 1.165) is 24.3 Å². The second kappa shape index (κ2) is 12.6. The summed E-state index contributed by atoms with van der Waals surface area (Å²) in [6.07, 6.45) is 3.82. The van der Waals surface area contributed by atoms with E-state index in [9.17, 15) is 14.4 Å². The third-order valence-corrected chi connectivity index (χ3v) is 2.89. The summed E-state index contributed by atoms with van der Waals surface area (Å²) in [7, 11) is 0. The van der Waals surface area contributed by atoms with Crippen LogP contribution in [-0.4, -0.2) is 42.6 Å². The fourth-order valence-electron chi connectivity index (χ4n) is 1.76. The fourth-order valence-corrected chi connectivity index (χ4v) is 1.76. The van der Waals surface area contributed by atoms with Gasteiger partial charge in [0.25, 0.3) is 5.91 Å². The van der Waals surface area contributed by atoms with Crippen molar-refractivity contribution in [3.8, 4) is 0 Å². The van der Waals surface area contributed by atoms with Gasteiger partial charge in [0.2, 0.25) is 5.91 Å². The van der Waals surface area contributed by atoms with Gasteiger partial charge < -0.3 is 14.9 Å². The number of allylic oxidation sites excluding steroid dienone is 1. The molecule has 0 aromatic rings. The summed E-state index contributed by atoms with van der Waals surface area (Å²) in [5.74, 6) is -1.31. The van der Waals surface area contributed by atoms with E-state index in [1.807, 2.05) is 13.8 Å². The minimum Gasteiger partial charge on any atom is -0.360 e. The normalized spacial score (nSPS) is 13.4. The Kier molecular flexibility index (Phi) is 11.6. The zero-order valence-electron chi connectivity index (χ0n) is 14.4. The number of hydrogen-bond donors (Lipinski definition) is 1. The number of nitrogens with zero attached hydrogens (tertiary/aromatic N) is 1.